The molecular formula is C105H123N3. The Balaban J connectivity index is 0.919. The summed E-state index contributed by atoms with van der Waals surface area (Å²) < 4.78 is 2.75. The van der Waals surface area contributed by atoms with Crippen LogP contribution in [0.5, 0.6) is 0 Å². The number of anilines is 6. The minimum Gasteiger partial charge on any atom is -0.311 e. The predicted molar refractivity (Wildman–Crippen MR) is 471 cm³/mol. The molecule has 0 N–H and O–H groups in total. The largest absolute Gasteiger partial charge is 0.311 e. The molecule has 1 aliphatic carbocycles. The summed E-state index contributed by atoms with van der Waals surface area (Å²) in [5, 5.41) is 2.80. The minimum atomic E-state index is -0.0288. The Morgan fingerprint density at radius 2 is 0.722 bits per heavy atom. The molecule has 0 bridgehead atoms. The molecule has 11 aromatic carbocycles. The molecule has 0 saturated carbocycles. The van der Waals surface area contributed by atoms with Crippen molar-refractivity contribution in [3.8, 4) is 50.2 Å². The van der Waals surface area contributed by atoms with Crippen molar-refractivity contribution in [1.29, 1.82) is 0 Å². The topological polar surface area (TPSA) is 11.4 Å². The lowest BCUT2D eigenvalue weighted by Gasteiger charge is -2.33. The van der Waals surface area contributed by atoms with Crippen LogP contribution in [0.3, 0.4) is 0 Å². The molecule has 0 aliphatic heterocycles. The quantitative estimate of drug-likeness (QED) is 0.0373. The highest BCUT2D eigenvalue weighted by atomic mass is 15.1. The van der Waals surface area contributed by atoms with Crippen molar-refractivity contribution in [1.82, 2.24) is 4.57 Å². The average Bonchev–Trinajstić information content (AvgIpc) is 1.53. The van der Waals surface area contributed by atoms with Gasteiger partial charge < -0.3 is 14.4 Å². The molecule has 558 valence electrons. The first-order valence-corrected chi connectivity index (χ1v) is 42.1. The molecule has 1 heterocycles. The summed E-state index contributed by atoms with van der Waals surface area (Å²) in [5.74, 6) is 0. The van der Waals surface area contributed by atoms with Crippen LogP contribution >= 0.6 is 0 Å². The summed E-state index contributed by atoms with van der Waals surface area (Å²) in [5.41, 5.74) is 32.7. The summed E-state index contributed by atoms with van der Waals surface area (Å²) in [6, 6.07) is 92.1. The van der Waals surface area contributed by atoms with E-state index in [1.54, 1.807) is 11.1 Å². The highest BCUT2D eigenvalue weighted by Gasteiger charge is 2.44. The van der Waals surface area contributed by atoms with Crippen molar-refractivity contribution in [2.45, 2.75) is 253 Å². The van der Waals surface area contributed by atoms with E-state index in [2.05, 4.69) is 334 Å². The maximum absolute atomic E-state index is 2.75. The second kappa shape index (κ2) is 35.0. The second-order valence-electron chi connectivity index (χ2n) is 34.0. The van der Waals surface area contributed by atoms with Gasteiger partial charge in [0.05, 0.1) is 11.0 Å². The molecule has 108 heavy (non-hydrogen) atoms. The highest BCUT2D eigenvalue weighted by molar-refractivity contribution is 6.19. The molecule has 0 amide bonds. The maximum atomic E-state index is 2.75. The van der Waals surface area contributed by atoms with Crippen LogP contribution in [0.2, 0.25) is 0 Å². The highest BCUT2D eigenvalue weighted by Crippen LogP contribution is 2.58. The van der Waals surface area contributed by atoms with Gasteiger partial charge >= 0.3 is 0 Å². The summed E-state index contributed by atoms with van der Waals surface area (Å²) >= 11 is 0. The second-order valence-corrected chi connectivity index (χ2v) is 34.0. The van der Waals surface area contributed by atoms with E-state index in [1.165, 1.54) is 234 Å². The molecule has 3 heteroatoms. The molecule has 0 unspecified atom stereocenters. The molecule has 1 aromatic heterocycles. The van der Waals surface area contributed by atoms with Gasteiger partial charge in [-0.2, -0.15) is 0 Å². The minimum absolute atomic E-state index is 0.0281. The van der Waals surface area contributed by atoms with Crippen LogP contribution in [0, 0.1) is 13.8 Å². The number of aromatic nitrogens is 1. The fraction of sp³-hybridized carbons (Fsp3) is 0.371. The van der Waals surface area contributed by atoms with Gasteiger partial charge in [0.15, 0.2) is 0 Å². The molecule has 0 spiro atoms. The standard InChI is InChI=1S/C105H123N3/c1-13-17-21-25-27-34-70-105(71-35-28-26-22-18-14-2)96-67-69-99-102(101(96)93-66-42-77(6)72-97(93)105)95-73-82(78-36-32-29-33-37-78)49-68-98(95)108(99)100-75-83(38-30-23-19-15-3)94(74-84(100)39-31-24-20-16-4)81-47-60-90(61-48-81)107(92-64-52-86(53-65-92)104(10,11)12)89-58-45-80(46-59-89)79-43-56-88(57-44-79)106(87-54-40-76(5)41-55-87)91-62-50-85(51-63-91)103(7,8)9/h29,32-33,36-37,40-69,72-75H,13-28,30-31,34-35,38-39,70-71H2,1-12H3. The number of nitrogens with zero attached hydrogens (tertiary/aromatic N) is 3. The first-order valence-electron chi connectivity index (χ1n) is 42.1. The normalized spacial score (nSPS) is 12.7. The fourth-order valence-corrected chi connectivity index (χ4v) is 17.6. The van der Waals surface area contributed by atoms with Crippen LogP contribution in [0.1, 0.15) is 255 Å². The lowest BCUT2D eigenvalue weighted by atomic mass is 9.70. The number of fused-ring (bicyclic) bond motifs is 7. The molecule has 0 saturated heterocycles. The molecule has 0 radical (unpaired) electrons. The van der Waals surface area contributed by atoms with Gasteiger partial charge in [-0.25, -0.2) is 0 Å². The Bertz CT molecular complexity index is 4880. The van der Waals surface area contributed by atoms with Gasteiger partial charge in [0.1, 0.15) is 0 Å². The summed E-state index contributed by atoms with van der Waals surface area (Å²) in [7, 11) is 0. The van der Waals surface area contributed by atoms with Gasteiger partial charge in [-0.05, 0) is 244 Å². The Hall–Kier alpha value is -9.18. The zero-order valence-corrected chi connectivity index (χ0v) is 67.8. The van der Waals surface area contributed by atoms with E-state index in [1.807, 2.05) is 0 Å². The lowest BCUT2D eigenvalue weighted by molar-refractivity contribution is 0.398. The fourth-order valence-electron chi connectivity index (χ4n) is 17.6. The Kier molecular flexibility index (Phi) is 25.0. The molecule has 13 rings (SSSR count). The molecule has 0 atom stereocenters. The van der Waals surface area contributed by atoms with Crippen LogP contribution in [-0.4, -0.2) is 4.57 Å². The van der Waals surface area contributed by atoms with E-state index >= 15 is 0 Å². The van der Waals surface area contributed by atoms with E-state index in [9.17, 15) is 0 Å². The van der Waals surface area contributed by atoms with Crippen molar-refractivity contribution < 1.29 is 0 Å². The van der Waals surface area contributed by atoms with Crippen molar-refractivity contribution >= 4 is 55.9 Å². The molecule has 3 nitrogen and oxygen atoms in total. The number of benzene rings is 11. The Morgan fingerprint density at radius 3 is 1.21 bits per heavy atom. The summed E-state index contributed by atoms with van der Waals surface area (Å²) in [4.78, 5) is 4.83. The smallest absolute Gasteiger partial charge is 0.0547 e. The Labute approximate surface area is 650 Å². The van der Waals surface area contributed by atoms with Gasteiger partial charge in [-0.15, -0.1) is 0 Å². The third-order valence-electron chi connectivity index (χ3n) is 23.9. The monoisotopic (exact) mass is 1430 g/mol. The van der Waals surface area contributed by atoms with Crippen molar-refractivity contribution in [2.75, 3.05) is 9.80 Å². The van der Waals surface area contributed by atoms with Crippen LogP contribution in [-0.2, 0) is 29.1 Å². The van der Waals surface area contributed by atoms with Crippen LogP contribution in [0.25, 0.3) is 72.0 Å². The number of rotatable bonds is 34. The Morgan fingerprint density at radius 1 is 0.315 bits per heavy atom. The van der Waals surface area contributed by atoms with Crippen LogP contribution in [0.4, 0.5) is 34.1 Å². The molecule has 12 aromatic rings. The van der Waals surface area contributed by atoms with Crippen molar-refractivity contribution in [3.63, 3.8) is 0 Å². The third-order valence-corrected chi connectivity index (χ3v) is 23.9. The number of aryl methyl sites for hydroxylation is 4. The van der Waals surface area contributed by atoms with E-state index in [4.69, 9.17) is 0 Å². The van der Waals surface area contributed by atoms with Gasteiger partial charge in [-0.1, -0.05) is 329 Å². The zero-order valence-electron chi connectivity index (χ0n) is 67.8. The van der Waals surface area contributed by atoms with E-state index in [0.29, 0.717) is 0 Å². The third kappa shape index (κ3) is 17.1. The number of hydrogen-bond donors (Lipinski definition) is 0. The van der Waals surface area contributed by atoms with Gasteiger partial charge in [0.25, 0.3) is 0 Å². The predicted octanol–water partition coefficient (Wildman–Crippen LogP) is 31.9. The van der Waals surface area contributed by atoms with E-state index in [-0.39, 0.29) is 16.2 Å². The molecule has 1 aliphatic rings. The molecule has 0 fully saturated rings. The van der Waals surface area contributed by atoms with Gasteiger partial charge in [0.2, 0.25) is 0 Å². The first-order chi connectivity index (χ1) is 52.5. The molecular weight excluding hydrogens is 1300 g/mol. The number of hydrogen-bond acceptors (Lipinski definition) is 2. The average molecular weight is 1430 g/mol. The SMILES string of the molecule is CCCCCCCCC1(CCCCCCCC)c2cc(C)ccc2-c2c1ccc1c2c2cc(-c3ccccc3)ccc2n1-c1cc(CCCCCC)c(-c2ccc(N(c3ccc(-c4ccc(N(c5ccc(C)cc5)c5ccc(C(C)(C)C)cc5)cc4)cc3)c3ccc(C(C)(C)C)cc3)cc2)cc1CCCCCC. The number of unbranched alkanes of at least 4 members (excludes halogenated alkanes) is 16. The summed E-state index contributed by atoms with van der Waals surface area (Å²) in [6.07, 6.45) is 29.8. The maximum Gasteiger partial charge on any atom is 0.0547 e. The first kappa shape index (κ1) is 77.0. The lowest BCUT2D eigenvalue weighted by Crippen LogP contribution is -2.25. The van der Waals surface area contributed by atoms with Crippen LogP contribution in [0.15, 0.2) is 237 Å². The van der Waals surface area contributed by atoms with E-state index < -0.39 is 0 Å². The van der Waals surface area contributed by atoms with Crippen LogP contribution < -0.4 is 9.80 Å². The van der Waals surface area contributed by atoms with Gasteiger partial charge in [-0.3, -0.25) is 0 Å². The zero-order chi connectivity index (χ0) is 75.4. The van der Waals surface area contributed by atoms with Crippen molar-refractivity contribution in [3.05, 3.63) is 281 Å². The van der Waals surface area contributed by atoms with Crippen molar-refractivity contribution in [2.24, 2.45) is 0 Å². The van der Waals surface area contributed by atoms with E-state index in [0.717, 1.165) is 59.8 Å². The summed E-state index contributed by atoms with van der Waals surface area (Å²) in [6.45, 7) is 27.7. The van der Waals surface area contributed by atoms with Gasteiger partial charge in [0, 0.05) is 56.0 Å².